The third kappa shape index (κ3) is 68.0. The molecule has 0 spiro atoms. The summed E-state index contributed by atoms with van der Waals surface area (Å²) in [5.74, 6) is -0.852. The molecule has 0 aliphatic carbocycles. The molecule has 0 saturated heterocycles. The molecule has 0 radical (unpaired) electrons. The smallest absolute Gasteiger partial charge is 0.306 e. The lowest BCUT2D eigenvalue weighted by Gasteiger charge is -2.18. The average Bonchev–Trinajstić information content (AvgIpc) is 3.47. The van der Waals surface area contributed by atoms with Crippen LogP contribution in [0.25, 0.3) is 0 Å². The molecule has 474 valence electrons. The average molecular weight is 1140 g/mol. The number of ether oxygens (including phenoxy) is 3. The normalized spacial score (nSPS) is 12.3. The number of esters is 3. The van der Waals surface area contributed by atoms with Gasteiger partial charge in [-0.15, -0.1) is 0 Å². The van der Waals surface area contributed by atoms with E-state index in [1.807, 2.05) is 0 Å². The van der Waals surface area contributed by atoms with E-state index in [1.54, 1.807) is 0 Å². The van der Waals surface area contributed by atoms with Crippen LogP contribution in [-0.2, 0) is 28.6 Å². The third-order valence-corrected chi connectivity index (χ3v) is 16.3. The molecule has 1 atom stereocenters. The van der Waals surface area contributed by atoms with E-state index in [-0.39, 0.29) is 31.1 Å². The molecular weight excluding hydrogens is 997 g/mol. The van der Waals surface area contributed by atoms with Gasteiger partial charge in [0.2, 0.25) is 0 Å². The molecule has 81 heavy (non-hydrogen) atoms. The van der Waals surface area contributed by atoms with Crippen molar-refractivity contribution >= 4 is 17.9 Å². The Labute approximate surface area is 505 Å². The van der Waals surface area contributed by atoms with Crippen molar-refractivity contribution in [3.8, 4) is 0 Å². The van der Waals surface area contributed by atoms with Crippen molar-refractivity contribution in [2.75, 3.05) is 13.2 Å². The first-order valence-corrected chi connectivity index (χ1v) is 36.1. The lowest BCUT2D eigenvalue weighted by atomic mass is 10.0. The molecule has 0 aliphatic rings. The van der Waals surface area contributed by atoms with Gasteiger partial charge in [0, 0.05) is 19.3 Å². The highest BCUT2D eigenvalue weighted by Crippen LogP contribution is 2.18. The lowest BCUT2D eigenvalue weighted by Crippen LogP contribution is -2.30. The van der Waals surface area contributed by atoms with Crippen LogP contribution >= 0.6 is 0 Å². The maximum Gasteiger partial charge on any atom is 0.306 e. The standard InChI is InChI=1S/C75H138O6/c1-4-7-10-13-16-19-22-25-27-29-31-32-33-34-35-36-37-38-39-40-41-42-43-44-45-47-48-50-53-56-59-62-65-68-74(77)80-71-72(70-79-73(76)67-64-61-58-55-52-24-21-18-15-12-9-6-3)81-75(78)69-66-63-60-57-54-51-49-46-30-28-26-23-20-17-14-11-8-5-2/h18,21-22,25,29,31,33-34,72H,4-17,19-20,23-24,26-28,30,32,35-71H2,1-3H3/b21-18-,25-22-,31-29-,34-33-. The molecule has 0 aliphatic heterocycles. The van der Waals surface area contributed by atoms with E-state index >= 15 is 0 Å². The summed E-state index contributed by atoms with van der Waals surface area (Å²) in [4.78, 5) is 38.4. The number of carbonyl (C=O) groups is 3. The van der Waals surface area contributed by atoms with Gasteiger partial charge in [0.25, 0.3) is 0 Å². The van der Waals surface area contributed by atoms with E-state index in [0.29, 0.717) is 19.3 Å². The Morgan fingerprint density at radius 1 is 0.247 bits per heavy atom. The van der Waals surface area contributed by atoms with Crippen molar-refractivity contribution in [2.24, 2.45) is 0 Å². The van der Waals surface area contributed by atoms with Crippen molar-refractivity contribution in [3.05, 3.63) is 48.6 Å². The van der Waals surface area contributed by atoms with Gasteiger partial charge in [-0.2, -0.15) is 0 Å². The molecule has 1 unspecified atom stereocenters. The molecule has 0 aromatic carbocycles. The predicted molar refractivity (Wildman–Crippen MR) is 353 cm³/mol. The summed E-state index contributed by atoms with van der Waals surface area (Å²) < 4.78 is 17.0. The van der Waals surface area contributed by atoms with Gasteiger partial charge in [-0.05, 0) is 83.5 Å². The fourth-order valence-corrected chi connectivity index (χ4v) is 10.9. The van der Waals surface area contributed by atoms with Crippen molar-refractivity contribution in [1.29, 1.82) is 0 Å². The number of hydrogen-bond donors (Lipinski definition) is 0. The minimum Gasteiger partial charge on any atom is -0.462 e. The van der Waals surface area contributed by atoms with Crippen LogP contribution in [0.15, 0.2) is 48.6 Å². The van der Waals surface area contributed by atoms with E-state index in [9.17, 15) is 14.4 Å². The second-order valence-electron chi connectivity index (χ2n) is 24.5. The van der Waals surface area contributed by atoms with Crippen molar-refractivity contribution < 1.29 is 28.6 Å². The Morgan fingerprint density at radius 3 is 0.728 bits per heavy atom. The zero-order valence-electron chi connectivity index (χ0n) is 54.6. The van der Waals surface area contributed by atoms with Gasteiger partial charge in [0.05, 0.1) is 0 Å². The minimum atomic E-state index is -0.773. The Kier molecular flexibility index (Phi) is 67.6. The highest BCUT2D eigenvalue weighted by atomic mass is 16.6. The molecule has 0 heterocycles. The van der Waals surface area contributed by atoms with E-state index in [4.69, 9.17) is 14.2 Å². The van der Waals surface area contributed by atoms with Gasteiger partial charge in [-0.1, -0.05) is 339 Å². The monoisotopic (exact) mass is 1140 g/mol. The maximum absolute atomic E-state index is 12.9. The Hall–Kier alpha value is -2.63. The first-order chi connectivity index (χ1) is 40.0. The van der Waals surface area contributed by atoms with E-state index in [0.717, 1.165) is 77.0 Å². The summed E-state index contributed by atoms with van der Waals surface area (Å²) in [5, 5.41) is 0. The first kappa shape index (κ1) is 78.4. The fourth-order valence-electron chi connectivity index (χ4n) is 10.9. The van der Waals surface area contributed by atoms with Gasteiger partial charge in [0.1, 0.15) is 13.2 Å². The highest BCUT2D eigenvalue weighted by molar-refractivity contribution is 5.71. The lowest BCUT2D eigenvalue weighted by molar-refractivity contribution is -0.167. The highest BCUT2D eigenvalue weighted by Gasteiger charge is 2.19. The molecule has 0 fully saturated rings. The summed E-state index contributed by atoms with van der Waals surface area (Å²) in [6.45, 7) is 6.66. The summed E-state index contributed by atoms with van der Waals surface area (Å²) in [5.41, 5.74) is 0. The van der Waals surface area contributed by atoms with Crippen LogP contribution in [-0.4, -0.2) is 37.2 Å². The van der Waals surface area contributed by atoms with Gasteiger partial charge in [-0.25, -0.2) is 0 Å². The zero-order chi connectivity index (χ0) is 58.5. The zero-order valence-corrected chi connectivity index (χ0v) is 54.6. The van der Waals surface area contributed by atoms with E-state index in [1.165, 1.54) is 276 Å². The molecule has 6 nitrogen and oxygen atoms in total. The first-order valence-electron chi connectivity index (χ1n) is 36.1. The Morgan fingerprint density at radius 2 is 0.444 bits per heavy atom. The number of allylic oxidation sites excluding steroid dienone is 8. The van der Waals surface area contributed by atoms with E-state index in [2.05, 4.69) is 69.4 Å². The van der Waals surface area contributed by atoms with Crippen LogP contribution < -0.4 is 0 Å². The third-order valence-electron chi connectivity index (χ3n) is 16.3. The number of carbonyl (C=O) groups excluding carboxylic acids is 3. The van der Waals surface area contributed by atoms with Gasteiger partial charge < -0.3 is 14.2 Å². The summed E-state index contributed by atoms with van der Waals surface area (Å²) >= 11 is 0. The molecule has 0 aromatic heterocycles. The molecule has 0 N–H and O–H groups in total. The largest absolute Gasteiger partial charge is 0.462 e. The number of unbranched alkanes of at least 4 members (excludes halogenated alkanes) is 48. The van der Waals surface area contributed by atoms with Gasteiger partial charge in [0.15, 0.2) is 6.10 Å². The molecule has 6 heteroatoms. The SMILES string of the molecule is CCCCC/C=C\CCCCCCCC(=O)OCC(COC(=O)CCCCCCCCCCCCCCCCCCCC/C=C\C/C=C\C/C=C\CCCCCCC)OC(=O)CCCCCCCCCCCCCCCCCCCC. The van der Waals surface area contributed by atoms with Crippen LogP contribution in [0.4, 0.5) is 0 Å². The van der Waals surface area contributed by atoms with Crippen molar-refractivity contribution in [1.82, 2.24) is 0 Å². The Balaban J connectivity index is 4.11. The fraction of sp³-hybridized carbons (Fsp3) is 0.853. The topological polar surface area (TPSA) is 78.9 Å². The molecule has 0 saturated carbocycles. The van der Waals surface area contributed by atoms with Crippen molar-refractivity contribution in [2.45, 2.75) is 399 Å². The van der Waals surface area contributed by atoms with Gasteiger partial charge >= 0.3 is 17.9 Å². The predicted octanol–water partition coefficient (Wildman–Crippen LogP) is 24.9. The molecule has 0 aromatic rings. The number of rotatable bonds is 67. The maximum atomic E-state index is 12.9. The van der Waals surface area contributed by atoms with Gasteiger partial charge in [-0.3, -0.25) is 14.4 Å². The number of hydrogen-bond acceptors (Lipinski definition) is 6. The van der Waals surface area contributed by atoms with Crippen molar-refractivity contribution in [3.63, 3.8) is 0 Å². The molecule has 0 amide bonds. The van der Waals surface area contributed by atoms with Crippen LogP contribution in [0.2, 0.25) is 0 Å². The summed E-state index contributed by atoms with van der Waals surface area (Å²) in [6.07, 6.45) is 88.7. The van der Waals surface area contributed by atoms with Crippen LogP contribution in [0.5, 0.6) is 0 Å². The second kappa shape index (κ2) is 69.9. The molecule has 0 bridgehead atoms. The Bertz CT molecular complexity index is 1400. The summed E-state index contributed by atoms with van der Waals surface area (Å²) in [6, 6.07) is 0. The summed E-state index contributed by atoms with van der Waals surface area (Å²) in [7, 11) is 0. The molecule has 0 rings (SSSR count). The van der Waals surface area contributed by atoms with Crippen LogP contribution in [0, 0.1) is 0 Å². The van der Waals surface area contributed by atoms with Crippen LogP contribution in [0.1, 0.15) is 393 Å². The molecular formula is C75H138O6. The second-order valence-corrected chi connectivity index (χ2v) is 24.5. The minimum absolute atomic E-state index is 0.0699. The van der Waals surface area contributed by atoms with Crippen LogP contribution in [0.3, 0.4) is 0 Å². The van der Waals surface area contributed by atoms with E-state index < -0.39 is 6.10 Å². The quantitative estimate of drug-likeness (QED) is 0.0261.